The average Bonchev–Trinajstić information content (AvgIpc) is 1.57. The molecule has 0 unspecified atom stereocenters. The van der Waals surface area contributed by atoms with E-state index in [2.05, 4.69) is 337 Å². The molecule has 2 aliphatic carbocycles. The molecule has 0 saturated carbocycles. The van der Waals surface area contributed by atoms with Crippen LogP contribution in [0.5, 0.6) is 0 Å². The Hall–Kier alpha value is -10.6. The summed E-state index contributed by atoms with van der Waals surface area (Å²) in [5.74, 6) is 0. The molecule has 0 radical (unpaired) electrons. The highest BCUT2D eigenvalue weighted by Gasteiger charge is 2.47. The highest BCUT2D eigenvalue weighted by molar-refractivity contribution is 9.10. The Morgan fingerprint density at radius 1 is 0.231 bits per heavy atom. The molecule has 2 aliphatic rings. The fourth-order valence-electron chi connectivity index (χ4n) is 13.7. The first kappa shape index (κ1) is 60.6. The number of nitrogen functional groups attached to an aromatic ring is 1. The number of anilines is 1. The zero-order valence-corrected chi connectivity index (χ0v) is 50.9. The Kier molecular flexibility index (Phi) is 18.0. The summed E-state index contributed by atoms with van der Waals surface area (Å²) in [5, 5.41) is 0. The van der Waals surface area contributed by atoms with Gasteiger partial charge in [0.15, 0.2) is 0 Å². The number of hydrogen-bond donors (Lipinski definition) is 1. The van der Waals surface area contributed by atoms with Gasteiger partial charge in [-0.25, -0.2) is 0 Å². The standard InChI is InChI=1S/C44H32.C31H21Br.C12H11N.2CH4/c1-4-12-34(13-5-1)35-24-20-32(21-25-35)30-33-22-26-36(27-23-33)37-28-29-41-40-18-10-11-19-42(40)44(43(41)31-37,38-14-6-2-7-15-38)39-16-8-3-9-17-39;32-26-18-15-22(16-19-26)23-17-20-28-27-13-7-8-14-29(27)31(30(28)21-23,24-9-3-1-4-10-24)25-11-5-2-6-12-25;13-12-8-6-11(7-9-12)10-4-2-1-3-5-10;;/h1-29,31H,30H2;1-21H;1-9H,13H2;2*1H4. The first-order valence-electron chi connectivity index (χ1n) is 30.6. The molecule has 2 heteroatoms. The monoisotopic (exact) mass is 1230 g/mol. The third-order valence-electron chi connectivity index (χ3n) is 17.9. The van der Waals surface area contributed by atoms with Crippen molar-refractivity contribution >= 4 is 21.6 Å². The van der Waals surface area contributed by atoms with Gasteiger partial charge in [-0.2, -0.15) is 0 Å². The molecule has 16 rings (SSSR count). The summed E-state index contributed by atoms with van der Waals surface area (Å²) in [7, 11) is 0. The quantitative estimate of drug-likeness (QED) is 0.136. The van der Waals surface area contributed by atoms with Crippen molar-refractivity contribution in [3.8, 4) is 66.8 Å². The number of nitrogens with two attached hydrogens (primary N) is 1. The van der Waals surface area contributed by atoms with E-state index in [0.717, 1.165) is 16.6 Å². The second-order valence-corrected chi connectivity index (χ2v) is 23.9. The summed E-state index contributed by atoms with van der Waals surface area (Å²) >= 11 is 3.57. The number of halogens is 1. The Morgan fingerprint density at radius 3 is 0.835 bits per heavy atom. The summed E-state index contributed by atoms with van der Waals surface area (Å²) in [5.41, 5.74) is 34.0. The van der Waals surface area contributed by atoms with Crippen molar-refractivity contribution in [2.24, 2.45) is 0 Å². The summed E-state index contributed by atoms with van der Waals surface area (Å²) in [4.78, 5) is 0. The van der Waals surface area contributed by atoms with E-state index in [0.29, 0.717) is 0 Å². The van der Waals surface area contributed by atoms with Gasteiger partial charge in [0.1, 0.15) is 0 Å². The predicted octanol–water partition coefficient (Wildman–Crippen LogP) is 23.7. The summed E-state index contributed by atoms with van der Waals surface area (Å²) in [6, 6.07) is 131. The molecule has 14 aromatic rings. The molecule has 0 fully saturated rings. The van der Waals surface area contributed by atoms with E-state index in [1.165, 1.54) is 122 Å². The fraction of sp³-hybridized carbons (Fsp3) is 0.0562. The van der Waals surface area contributed by atoms with Crippen molar-refractivity contribution in [1.29, 1.82) is 0 Å². The van der Waals surface area contributed by atoms with Gasteiger partial charge in [-0.1, -0.05) is 358 Å². The number of rotatable bonds is 10. The van der Waals surface area contributed by atoms with E-state index in [1.807, 2.05) is 42.5 Å². The van der Waals surface area contributed by atoms with Crippen LogP contribution in [-0.4, -0.2) is 0 Å². The van der Waals surface area contributed by atoms with Gasteiger partial charge < -0.3 is 5.73 Å². The number of fused-ring (bicyclic) bond motifs is 6. The summed E-state index contributed by atoms with van der Waals surface area (Å²) in [6.45, 7) is 0. The van der Waals surface area contributed by atoms with E-state index in [4.69, 9.17) is 5.73 Å². The van der Waals surface area contributed by atoms with Gasteiger partial charge in [0, 0.05) is 10.2 Å². The van der Waals surface area contributed by atoms with Crippen LogP contribution in [0.4, 0.5) is 5.69 Å². The Bertz CT molecular complexity index is 4600. The van der Waals surface area contributed by atoms with E-state index >= 15 is 0 Å². The molecule has 0 atom stereocenters. The lowest BCUT2D eigenvalue weighted by Gasteiger charge is -2.34. The van der Waals surface area contributed by atoms with Crippen LogP contribution in [0, 0.1) is 0 Å². The molecule has 91 heavy (non-hydrogen) atoms. The van der Waals surface area contributed by atoms with Gasteiger partial charge in [-0.05, 0) is 165 Å². The van der Waals surface area contributed by atoms with E-state index in [-0.39, 0.29) is 25.7 Å². The van der Waals surface area contributed by atoms with Gasteiger partial charge in [0.25, 0.3) is 0 Å². The van der Waals surface area contributed by atoms with E-state index in [9.17, 15) is 0 Å². The van der Waals surface area contributed by atoms with Gasteiger partial charge in [-0.3, -0.25) is 0 Å². The maximum atomic E-state index is 5.60. The molecule has 0 aliphatic heterocycles. The first-order valence-corrected chi connectivity index (χ1v) is 31.4. The van der Waals surface area contributed by atoms with Crippen molar-refractivity contribution < 1.29 is 0 Å². The van der Waals surface area contributed by atoms with Crippen molar-refractivity contribution in [1.82, 2.24) is 0 Å². The molecule has 0 saturated heterocycles. The largest absolute Gasteiger partial charge is 0.399 e. The summed E-state index contributed by atoms with van der Waals surface area (Å²) in [6.07, 6.45) is 0.917. The average molecular weight is 1240 g/mol. The second-order valence-electron chi connectivity index (χ2n) is 23.0. The second kappa shape index (κ2) is 27.0. The lowest BCUT2D eigenvalue weighted by molar-refractivity contribution is 0.769. The molecule has 14 aromatic carbocycles. The topological polar surface area (TPSA) is 26.0 Å². The van der Waals surface area contributed by atoms with Gasteiger partial charge in [0.05, 0.1) is 10.8 Å². The normalized spacial score (nSPS) is 12.3. The van der Waals surface area contributed by atoms with Crippen LogP contribution in [0.3, 0.4) is 0 Å². The Balaban J connectivity index is 0.000000148. The van der Waals surface area contributed by atoms with Crippen LogP contribution in [-0.2, 0) is 17.3 Å². The molecular weight excluding hydrogens is 1160 g/mol. The van der Waals surface area contributed by atoms with Crippen molar-refractivity contribution in [2.75, 3.05) is 5.73 Å². The predicted molar refractivity (Wildman–Crippen MR) is 391 cm³/mol. The van der Waals surface area contributed by atoms with Crippen molar-refractivity contribution in [3.05, 3.63) is 424 Å². The minimum absolute atomic E-state index is 0. The molecule has 0 amide bonds. The highest BCUT2D eigenvalue weighted by Crippen LogP contribution is 2.58. The van der Waals surface area contributed by atoms with Crippen molar-refractivity contribution in [2.45, 2.75) is 32.1 Å². The zero-order chi connectivity index (χ0) is 60.0. The third-order valence-corrected chi connectivity index (χ3v) is 18.4. The van der Waals surface area contributed by atoms with Crippen LogP contribution in [0.1, 0.15) is 70.5 Å². The van der Waals surface area contributed by atoms with Gasteiger partial charge in [-0.15, -0.1) is 0 Å². The van der Waals surface area contributed by atoms with Gasteiger partial charge in [0.2, 0.25) is 0 Å². The summed E-state index contributed by atoms with van der Waals surface area (Å²) < 4.78 is 1.10. The molecule has 440 valence electrons. The lowest BCUT2D eigenvalue weighted by Crippen LogP contribution is -2.28. The fourth-order valence-corrected chi connectivity index (χ4v) is 14.0. The number of hydrogen-bond acceptors (Lipinski definition) is 1. The number of benzene rings is 14. The molecule has 0 aromatic heterocycles. The Labute approximate surface area is 546 Å². The molecule has 0 bridgehead atoms. The van der Waals surface area contributed by atoms with E-state index in [1.54, 1.807) is 0 Å². The maximum Gasteiger partial charge on any atom is 0.0713 e. The third kappa shape index (κ3) is 11.7. The molecule has 1 nitrogen and oxygen atoms in total. The maximum absolute atomic E-state index is 5.60. The minimum Gasteiger partial charge on any atom is -0.399 e. The van der Waals surface area contributed by atoms with Gasteiger partial charge >= 0.3 is 0 Å². The van der Waals surface area contributed by atoms with Crippen LogP contribution >= 0.6 is 15.9 Å². The molecule has 0 spiro atoms. The first-order chi connectivity index (χ1) is 43.9. The minimum atomic E-state index is -0.379. The van der Waals surface area contributed by atoms with Crippen LogP contribution < -0.4 is 5.73 Å². The molecule has 2 N–H and O–H groups in total. The van der Waals surface area contributed by atoms with Crippen molar-refractivity contribution in [3.63, 3.8) is 0 Å². The smallest absolute Gasteiger partial charge is 0.0713 e. The van der Waals surface area contributed by atoms with Crippen LogP contribution in [0.25, 0.3) is 66.8 Å². The molecule has 0 heterocycles. The Morgan fingerprint density at radius 2 is 0.484 bits per heavy atom. The van der Waals surface area contributed by atoms with Crippen LogP contribution in [0.2, 0.25) is 0 Å². The highest BCUT2D eigenvalue weighted by atomic mass is 79.9. The SMILES string of the molecule is Brc1ccc(-c2ccc3c(c2)C(c2ccccc2)(c2ccccc2)c2ccccc2-3)cc1.C.C.Nc1ccc(-c2ccccc2)cc1.c1ccc(-c2ccc(Cc3ccc(-c4ccc5c(c4)C(c4ccccc4)(c4ccccc4)c4ccccc4-5)cc3)cc2)cc1. The molecular formula is C89H72BrN. The zero-order valence-electron chi connectivity index (χ0n) is 49.3. The van der Waals surface area contributed by atoms with Crippen LogP contribution in [0.15, 0.2) is 368 Å². The van der Waals surface area contributed by atoms with E-state index < -0.39 is 0 Å². The lowest BCUT2D eigenvalue weighted by atomic mass is 9.67.